The van der Waals surface area contributed by atoms with Crippen molar-refractivity contribution in [1.82, 2.24) is 20.1 Å². The van der Waals surface area contributed by atoms with E-state index in [0.717, 1.165) is 17.7 Å². The van der Waals surface area contributed by atoms with Crippen molar-refractivity contribution in [2.45, 2.75) is 53.6 Å². The number of carbonyl (C=O) groups is 1. The number of rotatable bonds is 9. The molecule has 0 atom stereocenters. The van der Waals surface area contributed by atoms with Crippen molar-refractivity contribution >= 4 is 35.3 Å². The van der Waals surface area contributed by atoms with Crippen molar-refractivity contribution in [3.8, 4) is 0 Å². The van der Waals surface area contributed by atoms with Crippen LogP contribution >= 0.6 is 0 Å². The summed E-state index contributed by atoms with van der Waals surface area (Å²) in [6.07, 6.45) is 1.44. The molecular weight excluding hydrogens is 519 g/mol. The molecule has 0 unspecified atom stereocenters. The Morgan fingerprint density at radius 1 is 1.12 bits per heavy atom. The highest BCUT2D eigenvalue weighted by Gasteiger charge is 2.30. The number of aliphatic imine (C=N–C) groups is 1. The molecule has 0 aliphatic heterocycles. The van der Waals surface area contributed by atoms with Crippen molar-refractivity contribution in [1.29, 1.82) is 0 Å². The van der Waals surface area contributed by atoms with Gasteiger partial charge in [-0.05, 0) is 56.7 Å². The van der Waals surface area contributed by atoms with Crippen molar-refractivity contribution in [2.24, 2.45) is 4.99 Å². The van der Waals surface area contributed by atoms with Gasteiger partial charge < -0.3 is 16.0 Å². The van der Waals surface area contributed by atoms with E-state index in [2.05, 4.69) is 51.5 Å². The third-order valence-corrected chi connectivity index (χ3v) is 5.51. The summed E-state index contributed by atoms with van der Waals surface area (Å²) in [6.45, 7) is 13.6. The number of unbranched alkanes of at least 4 members (excludes halogenated alkanes) is 1. The van der Waals surface area contributed by atoms with Crippen LogP contribution in [-0.4, -0.2) is 33.9 Å². The molecule has 0 aliphatic carbocycles. The van der Waals surface area contributed by atoms with Crippen LogP contribution in [0.5, 0.6) is 0 Å². The summed E-state index contributed by atoms with van der Waals surface area (Å²) in [6, 6.07) is 9.36. The van der Waals surface area contributed by atoms with Crippen LogP contribution in [0.1, 0.15) is 60.9 Å². The molecule has 3 aromatic rings. The minimum absolute atomic E-state index is 0.0391. The second kappa shape index (κ2) is 14.7. The first-order valence-electron chi connectivity index (χ1n) is 12.8. The van der Waals surface area contributed by atoms with Crippen LogP contribution < -0.4 is 16.0 Å². The number of carbonyl (C=O) groups excluding carboxylic acids is 1. The molecule has 0 spiro atoms. The second-order valence-electron chi connectivity index (χ2n) is 8.75. The summed E-state index contributed by atoms with van der Waals surface area (Å²) < 4.78 is 40.5. The summed E-state index contributed by atoms with van der Waals surface area (Å²) in [4.78, 5) is 21.6. The topological polar surface area (TPSA) is 96.2 Å². The number of amides is 1. The quantitative estimate of drug-likeness (QED) is 0.190. The number of nitrogens with one attached hydrogen (secondary N) is 3. The molecule has 40 heavy (non-hydrogen) atoms. The van der Waals surface area contributed by atoms with Gasteiger partial charge in [-0.25, -0.2) is 4.99 Å². The molecule has 1 aromatic heterocycles. The Labute approximate surface area is 233 Å². The van der Waals surface area contributed by atoms with Gasteiger partial charge in [-0.15, -0.1) is 5.10 Å². The van der Waals surface area contributed by atoms with Crippen LogP contribution in [0.15, 0.2) is 65.8 Å². The van der Waals surface area contributed by atoms with Gasteiger partial charge >= 0.3 is 6.18 Å². The lowest BCUT2D eigenvalue weighted by Crippen LogP contribution is -2.14. The number of hydrogen-bond donors (Lipinski definition) is 3. The van der Waals surface area contributed by atoms with E-state index in [1.165, 1.54) is 29.7 Å². The number of likely N-dealkylation sites (N-methyl/N-ethyl adjacent to an activating group) is 1. The Kier molecular flexibility index (Phi) is 11.7. The van der Waals surface area contributed by atoms with Crippen molar-refractivity contribution in [2.75, 3.05) is 17.7 Å². The Morgan fingerprint density at radius 3 is 2.42 bits per heavy atom. The fourth-order valence-electron chi connectivity index (χ4n) is 3.16. The summed E-state index contributed by atoms with van der Waals surface area (Å²) >= 11 is 0. The lowest BCUT2D eigenvalue weighted by molar-refractivity contribution is -0.137. The van der Waals surface area contributed by atoms with Crippen LogP contribution in [0.25, 0.3) is 5.82 Å². The van der Waals surface area contributed by atoms with Gasteiger partial charge in [0, 0.05) is 42.0 Å². The van der Waals surface area contributed by atoms with Crippen LogP contribution in [-0.2, 0) is 6.18 Å². The lowest BCUT2D eigenvalue weighted by atomic mass is 10.1. The highest BCUT2D eigenvalue weighted by Crippen LogP contribution is 2.31. The van der Waals surface area contributed by atoms with E-state index >= 15 is 0 Å². The van der Waals surface area contributed by atoms with Crippen molar-refractivity contribution in [3.63, 3.8) is 0 Å². The normalized spacial score (nSPS) is 11.6. The molecule has 1 heterocycles. The molecule has 11 heteroatoms. The number of anilines is 3. The molecule has 0 bridgehead atoms. The fourth-order valence-corrected chi connectivity index (χ4v) is 3.16. The second-order valence-corrected chi connectivity index (χ2v) is 8.75. The van der Waals surface area contributed by atoms with Gasteiger partial charge in [0.2, 0.25) is 5.95 Å². The van der Waals surface area contributed by atoms with Gasteiger partial charge in [0.05, 0.1) is 5.56 Å². The number of allylic oxidation sites excluding steroid dienone is 1. The standard InChI is InChI=1S/C25H26F3N7O.C4H10/c1-6-30-22(12-16(3)29-5)35-24(31-17(4)34-35)33-21-13-18(11-10-15(21)2)23(36)32-20-9-7-8-19(14-20)25(26,27)28;1-3-4-2/h6-14,29H,3H2,1-2,4-5H3,(H,32,36)(H,31,33,34);3-4H2,1-2H3/b22-12+,30-6-;. The number of halogens is 3. The summed E-state index contributed by atoms with van der Waals surface area (Å²) in [7, 11) is 1.73. The van der Waals surface area contributed by atoms with E-state index < -0.39 is 17.6 Å². The van der Waals surface area contributed by atoms with E-state index in [0.29, 0.717) is 29.0 Å². The van der Waals surface area contributed by atoms with E-state index in [1.54, 1.807) is 51.4 Å². The zero-order chi connectivity index (χ0) is 29.9. The largest absolute Gasteiger partial charge is 0.416 e. The molecule has 0 saturated heterocycles. The first-order chi connectivity index (χ1) is 18.9. The smallest absolute Gasteiger partial charge is 0.388 e. The fraction of sp³-hybridized carbons (Fsp3) is 0.310. The molecule has 0 fully saturated rings. The molecular formula is C29H36F3N7O. The van der Waals surface area contributed by atoms with Crippen LogP contribution in [0, 0.1) is 13.8 Å². The maximum Gasteiger partial charge on any atom is 0.416 e. The number of benzene rings is 2. The van der Waals surface area contributed by atoms with Crippen molar-refractivity contribution in [3.05, 3.63) is 83.3 Å². The molecule has 0 aliphatic rings. The van der Waals surface area contributed by atoms with Gasteiger partial charge in [-0.3, -0.25) is 4.79 Å². The van der Waals surface area contributed by atoms with Gasteiger partial charge in [0.25, 0.3) is 5.91 Å². The van der Waals surface area contributed by atoms with Gasteiger partial charge in [-0.2, -0.15) is 22.8 Å². The number of aromatic nitrogens is 3. The highest BCUT2D eigenvalue weighted by atomic mass is 19.4. The summed E-state index contributed by atoms with van der Waals surface area (Å²) in [5.41, 5.74) is 1.42. The molecule has 8 nitrogen and oxygen atoms in total. The van der Waals surface area contributed by atoms with Gasteiger partial charge in [0.1, 0.15) is 5.82 Å². The molecule has 0 radical (unpaired) electrons. The first-order valence-corrected chi connectivity index (χ1v) is 12.8. The average molecular weight is 556 g/mol. The zero-order valence-electron chi connectivity index (χ0n) is 23.6. The molecule has 3 rings (SSSR count). The van der Waals surface area contributed by atoms with Gasteiger partial charge in [0.15, 0.2) is 5.82 Å². The van der Waals surface area contributed by atoms with Gasteiger partial charge in [-0.1, -0.05) is 45.4 Å². The Hall–Kier alpha value is -4.41. The molecule has 2 aromatic carbocycles. The van der Waals surface area contributed by atoms with E-state index in [1.807, 2.05) is 6.92 Å². The molecule has 1 amide bonds. The minimum atomic E-state index is -4.51. The number of alkyl halides is 3. The molecule has 3 N–H and O–H groups in total. The average Bonchev–Trinajstić information content (AvgIpc) is 3.28. The highest BCUT2D eigenvalue weighted by molar-refractivity contribution is 6.05. The molecule has 0 saturated carbocycles. The Balaban J connectivity index is 0.00000131. The Bertz CT molecular complexity index is 1370. The maximum absolute atomic E-state index is 13.0. The summed E-state index contributed by atoms with van der Waals surface area (Å²) in [5, 5.41) is 13.0. The van der Waals surface area contributed by atoms with E-state index in [9.17, 15) is 18.0 Å². The van der Waals surface area contributed by atoms with Crippen molar-refractivity contribution < 1.29 is 18.0 Å². The maximum atomic E-state index is 13.0. The van der Waals surface area contributed by atoms with E-state index in [4.69, 9.17) is 0 Å². The predicted octanol–water partition coefficient (Wildman–Crippen LogP) is 7.34. The minimum Gasteiger partial charge on any atom is -0.388 e. The third kappa shape index (κ3) is 9.11. The Morgan fingerprint density at radius 2 is 1.82 bits per heavy atom. The van der Waals surface area contributed by atoms with Crippen LogP contribution in [0.3, 0.4) is 0 Å². The number of nitrogens with zero attached hydrogens (tertiary/aromatic N) is 4. The van der Waals surface area contributed by atoms with Crippen LogP contribution in [0.2, 0.25) is 0 Å². The predicted molar refractivity (Wildman–Crippen MR) is 156 cm³/mol. The molecule has 214 valence electrons. The summed E-state index contributed by atoms with van der Waals surface area (Å²) in [5.74, 6) is 0.736. The van der Waals surface area contributed by atoms with Crippen LogP contribution in [0.4, 0.5) is 30.5 Å². The van der Waals surface area contributed by atoms with E-state index in [-0.39, 0.29) is 11.3 Å². The number of aryl methyl sites for hydroxylation is 2. The zero-order valence-corrected chi connectivity index (χ0v) is 23.6. The SMILES string of the molecule is C=C(/C=C(\N=C/C)n1nc(C)nc1Nc1cc(C(=O)Nc2cccc(C(F)(F)F)c2)ccc1C)NC.CCCC. The lowest BCUT2D eigenvalue weighted by Gasteiger charge is -2.13. The third-order valence-electron chi connectivity index (χ3n) is 5.51. The first kappa shape index (κ1) is 31.8. The monoisotopic (exact) mass is 555 g/mol. The number of hydrogen-bond acceptors (Lipinski definition) is 6.